The number of benzene rings is 2. The van der Waals surface area contributed by atoms with E-state index in [1.165, 1.54) is 6.07 Å². The molecule has 0 unspecified atom stereocenters. The summed E-state index contributed by atoms with van der Waals surface area (Å²) in [6.45, 7) is 4.80. The number of aromatic nitrogens is 5. The van der Waals surface area contributed by atoms with Gasteiger partial charge < -0.3 is 14.8 Å². The van der Waals surface area contributed by atoms with Crippen molar-refractivity contribution in [3.63, 3.8) is 0 Å². The molecule has 4 aromatic rings. The zero-order chi connectivity index (χ0) is 19.1. The normalized spacial score (nSPS) is 11.3. The van der Waals surface area contributed by atoms with Gasteiger partial charge in [0.2, 0.25) is 0 Å². The summed E-state index contributed by atoms with van der Waals surface area (Å²) in [6.07, 6.45) is 2.42. The number of hydrogen-bond donors (Lipinski definition) is 3. The first kappa shape index (κ1) is 17.3. The van der Waals surface area contributed by atoms with Crippen LogP contribution >= 0.6 is 12.2 Å². The van der Waals surface area contributed by atoms with E-state index in [9.17, 15) is 10.2 Å². The van der Waals surface area contributed by atoms with Crippen LogP contribution in [-0.2, 0) is 13.0 Å². The van der Waals surface area contributed by atoms with Crippen molar-refractivity contribution in [3.05, 3.63) is 47.0 Å². The molecule has 0 amide bonds. The fourth-order valence-electron chi connectivity index (χ4n) is 3.29. The van der Waals surface area contributed by atoms with Gasteiger partial charge in [-0.3, -0.25) is 9.67 Å². The lowest BCUT2D eigenvalue weighted by atomic mass is 10.1. The van der Waals surface area contributed by atoms with Crippen molar-refractivity contribution in [2.24, 2.45) is 0 Å². The molecule has 8 heteroatoms. The molecule has 4 rings (SSSR count). The Kier molecular flexibility index (Phi) is 4.19. The lowest BCUT2D eigenvalue weighted by Crippen LogP contribution is -2.00. The van der Waals surface area contributed by atoms with Crippen molar-refractivity contribution in [1.29, 1.82) is 0 Å². The molecule has 0 aliphatic rings. The molecule has 0 saturated carbocycles. The van der Waals surface area contributed by atoms with Crippen LogP contribution in [0, 0.1) is 4.77 Å². The summed E-state index contributed by atoms with van der Waals surface area (Å²) in [5.41, 5.74) is 3.78. The molecule has 0 aliphatic heterocycles. The number of phenolic OH excluding ortho intramolecular Hbond substituents is 2. The minimum absolute atomic E-state index is 0.0585. The maximum Gasteiger partial charge on any atom is 0.200 e. The molecule has 2 aromatic carbocycles. The molecular weight excluding hydrogens is 362 g/mol. The van der Waals surface area contributed by atoms with Crippen molar-refractivity contribution >= 4 is 23.3 Å². The van der Waals surface area contributed by atoms with E-state index in [4.69, 9.17) is 12.2 Å². The minimum Gasteiger partial charge on any atom is -0.508 e. The Morgan fingerprint density at radius 2 is 1.96 bits per heavy atom. The van der Waals surface area contributed by atoms with Crippen LogP contribution in [0.1, 0.15) is 19.4 Å². The van der Waals surface area contributed by atoms with Crippen LogP contribution < -0.4 is 0 Å². The molecule has 0 spiro atoms. The predicted molar refractivity (Wildman–Crippen MR) is 106 cm³/mol. The topological polar surface area (TPSA) is 91.9 Å². The summed E-state index contributed by atoms with van der Waals surface area (Å²) in [5, 5.41) is 27.6. The number of nitrogens with zero attached hydrogens (tertiary/aromatic N) is 4. The zero-order valence-corrected chi connectivity index (χ0v) is 15.8. The number of fused-ring (bicyclic) bond motifs is 1. The summed E-state index contributed by atoms with van der Waals surface area (Å²) >= 11 is 5.46. The van der Waals surface area contributed by atoms with Gasteiger partial charge in [-0.15, -0.1) is 0 Å². The van der Waals surface area contributed by atoms with Crippen LogP contribution in [0.25, 0.3) is 28.1 Å². The molecule has 0 atom stereocenters. The summed E-state index contributed by atoms with van der Waals surface area (Å²) in [4.78, 5) is 4.54. The molecule has 0 fully saturated rings. The van der Waals surface area contributed by atoms with E-state index in [1.54, 1.807) is 17.0 Å². The van der Waals surface area contributed by atoms with E-state index in [0.29, 0.717) is 22.6 Å². The number of aromatic hydroxyl groups is 2. The second-order valence-electron chi connectivity index (χ2n) is 6.21. The first-order chi connectivity index (χ1) is 13.0. The Hall–Kier alpha value is -3.13. The molecule has 2 aromatic heterocycles. The van der Waals surface area contributed by atoms with E-state index in [2.05, 4.69) is 26.7 Å². The third-order valence-electron chi connectivity index (χ3n) is 4.70. The highest BCUT2D eigenvalue weighted by molar-refractivity contribution is 7.71. The van der Waals surface area contributed by atoms with Gasteiger partial charge in [0.05, 0.1) is 23.1 Å². The van der Waals surface area contributed by atoms with Crippen molar-refractivity contribution < 1.29 is 10.2 Å². The maximum absolute atomic E-state index is 10.4. The molecule has 138 valence electrons. The van der Waals surface area contributed by atoms with E-state index < -0.39 is 0 Å². The van der Waals surface area contributed by atoms with Crippen LogP contribution in [0.5, 0.6) is 11.5 Å². The molecule has 2 heterocycles. The average Bonchev–Trinajstić information content (AvgIpc) is 3.25. The lowest BCUT2D eigenvalue weighted by Gasteiger charge is -2.11. The van der Waals surface area contributed by atoms with E-state index in [1.807, 2.05) is 25.1 Å². The molecule has 27 heavy (non-hydrogen) atoms. The Balaban J connectivity index is 2.00. The summed E-state index contributed by atoms with van der Waals surface area (Å²) < 4.78 is 4.21. The third-order valence-corrected chi connectivity index (χ3v) is 4.98. The van der Waals surface area contributed by atoms with Gasteiger partial charge in [-0.25, -0.2) is 4.98 Å². The van der Waals surface area contributed by atoms with E-state index in [-0.39, 0.29) is 11.5 Å². The number of rotatable bonds is 4. The van der Waals surface area contributed by atoms with Crippen LogP contribution in [0.3, 0.4) is 0 Å². The second kappa shape index (κ2) is 6.55. The van der Waals surface area contributed by atoms with Gasteiger partial charge in [-0.2, -0.15) is 5.10 Å². The number of aryl methyl sites for hydroxylation is 2. The van der Waals surface area contributed by atoms with Crippen LogP contribution in [0.2, 0.25) is 0 Å². The first-order valence-corrected chi connectivity index (χ1v) is 9.12. The van der Waals surface area contributed by atoms with Crippen LogP contribution in [0.4, 0.5) is 0 Å². The van der Waals surface area contributed by atoms with Gasteiger partial charge in [0.25, 0.3) is 0 Å². The van der Waals surface area contributed by atoms with Gasteiger partial charge >= 0.3 is 0 Å². The maximum atomic E-state index is 10.4. The number of aromatic amines is 1. The van der Waals surface area contributed by atoms with Gasteiger partial charge in [-0.05, 0) is 49.3 Å². The summed E-state index contributed by atoms with van der Waals surface area (Å²) in [7, 11) is 0. The first-order valence-electron chi connectivity index (χ1n) is 8.72. The quantitative estimate of drug-likeness (QED) is 0.466. The van der Waals surface area contributed by atoms with Crippen molar-refractivity contribution in [3.8, 4) is 28.6 Å². The highest BCUT2D eigenvalue weighted by atomic mass is 32.1. The fraction of sp³-hybridized carbons (Fsp3) is 0.211. The molecule has 0 radical (unpaired) electrons. The molecular formula is C19H19N5O2S. The fourth-order valence-corrected chi connectivity index (χ4v) is 3.52. The van der Waals surface area contributed by atoms with Gasteiger partial charge in [-0.1, -0.05) is 13.0 Å². The number of imidazole rings is 1. The number of hydrogen-bond acceptors (Lipinski definition) is 5. The lowest BCUT2D eigenvalue weighted by molar-refractivity contribution is 0.447. The molecule has 0 bridgehead atoms. The minimum atomic E-state index is -0.0637. The second-order valence-corrected chi connectivity index (χ2v) is 6.60. The largest absolute Gasteiger partial charge is 0.508 e. The van der Waals surface area contributed by atoms with Crippen molar-refractivity contribution in [2.45, 2.75) is 26.8 Å². The number of nitrogens with one attached hydrogen (secondary N) is 1. The van der Waals surface area contributed by atoms with Gasteiger partial charge in [0, 0.05) is 12.6 Å². The standard InChI is InChI=1S/C19H19N5O2S/c1-3-11-8-12(16(26)9-15(11)25)18-21-22-19(27)24(18)14-7-5-6-13-17(14)20-10-23(13)4-2/h5-10,25-26H,3-4H2,1-2H3,(H,22,27). The smallest absolute Gasteiger partial charge is 0.200 e. The molecule has 7 nitrogen and oxygen atoms in total. The van der Waals surface area contributed by atoms with Crippen LogP contribution in [0.15, 0.2) is 36.7 Å². The Bertz CT molecular complexity index is 1200. The Labute approximate surface area is 160 Å². The van der Waals surface area contributed by atoms with Gasteiger partial charge in [0.15, 0.2) is 10.6 Å². The molecule has 0 aliphatic carbocycles. The third kappa shape index (κ3) is 2.69. The van der Waals surface area contributed by atoms with Crippen molar-refractivity contribution in [2.75, 3.05) is 0 Å². The number of H-pyrrole nitrogens is 1. The zero-order valence-electron chi connectivity index (χ0n) is 15.0. The average molecular weight is 381 g/mol. The summed E-state index contributed by atoms with van der Waals surface area (Å²) in [5.74, 6) is 0.459. The highest BCUT2D eigenvalue weighted by Gasteiger charge is 2.19. The predicted octanol–water partition coefficient (Wildman–Crippen LogP) is 3.94. The van der Waals surface area contributed by atoms with E-state index in [0.717, 1.165) is 28.8 Å². The molecule has 3 N–H and O–H groups in total. The van der Waals surface area contributed by atoms with Crippen molar-refractivity contribution in [1.82, 2.24) is 24.3 Å². The Morgan fingerprint density at radius 3 is 2.70 bits per heavy atom. The van der Waals surface area contributed by atoms with Gasteiger partial charge in [0.1, 0.15) is 17.0 Å². The highest BCUT2D eigenvalue weighted by Crippen LogP contribution is 2.36. The monoisotopic (exact) mass is 381 g/mol. The summed E-state index contributed by atoms with van der Waals surface area (Å²) in [6, 6.07) is 8.94. The number of phenols is 2. The van der Waals surface area contributed by atoms with E-state index >= 15 is 0 Å². The SMILES string of the molecule is CCc1cc(-c2n[nH]c(=S)n2-c2cccc3c2ncn3CC)c(O)cc1O. The van der Waals surface area contributed by atoms with Crippen LogP contribution in [-0.4, -0.2) is 34.5 Å². The number of para-hydroxylation sites is 1. The Morgan fingerprint density at radius 1 is 1.15 bits per heavy atom. The molecule has 0 saturated heterocycles.